The van der Waals surface area contributed by atoms with Crippen LogP contribution >= 0.6 is 0 Å². The number of hydrogen-bond donors (Lipinski definition) is 6. The zero-order valence-electron chi connectivity index (χ0n) is 27.2. The van der Waals surface area contributed by atoms with Crippen molar-refractivity contribution in [3.63, 3.8) is 0 Å². The minimum atomic E-state index is -1.17. The summed E-state index contributed by atoms with van der Waals surface area (Å²) in [5.74, 6) is -0.966. The SMILES string of the molecule is CO[C@H]1/C=C/C=C(/C)C(=O)NC2=CC(O)C(NCCN(C)C)=C(C[C@@H](C)C[C@H](OC)[C@H](O)[C@@H](C)/C=C(\C)[C@@H]1OC(N)=O)C2O. The third kappa shape index (κ3) is 10.6. The third-order valence-electron chi connectivity index (χ3n) is 7.95. The quantitative estimate of drug-likeness (QED) is 0.229. The van der Waals surface area contributed by atoms with Crippen molar-refractivity contribution in [1.82, 2.24) is 15.5 Å². The molecule has 2 rings (SSSR count). The average molecular weight is 621 g/mol. The molecule has 1 aliphatic heterocycles. The Morgan fingerprint density at radius 3 is 2.41 bits per heavy atom. The van der Waals surface area contributed by atoms with Crippen molar-refractivity contribution in [1.29, 1.82) is 0 Å². The number of aliphatic hydroxyl groups is 3. The monoisotopic (exact) mass is 620 g/mol. The Balaban J connectivity index is 2.59. The van der Waals surface area contributed by atoms with E-state index < -0.39 is 54.5 Å². The molecule has 0 spiro atoms. The Hall–Kier alpha value is -3.00. The Labute approximate surface area is 261 Å². The molecule has 0 aromatic rings. The molecular weight excluding hydrogens is 568 g/mol. The van der Waals surface area contributed by atoms with Crippen molar-refractivity contribution in [2.75, 3.05) is 41.4 Å². The number of methoxy groups -OCH3 is 2. The van der Waals surface area contributed by atoms with Gasteiger partial charge in [-0.2, -0.15) is 0 Å². The number of fused-ring (bicyclic) bond motifs is 2. The van der Waals surface area contributed by atoms with Gasteiger partial charge < -0.3 is 50.8 Å². The fraction of sp³-hybridized carbons (Fsp3) is 0.625. The highest BCUT2D eigenvalue weighted by molar-refractivity contribution is 5.94. The maximum Gasteiger partial charge on any atom is 0.405 e. The van der Waals surface area contributed by atoms with Gasteiger partial charge in [-0.25, -0.2) is 4.79 Å². The number of nitrogens with one attached hydrogen (secondary N) is 2. The number of nitrogens with zero attached hydrogens (tertiary/aromatic N) is 1. The minimum absolute atomic E-state index is 0.0962. The molecule has 0 fully saturated rings. The molecule has 8 atom stereocenters. The second-order valence-electron chi connectivity index (χ2n) is 12.0. The maximum absolute atomic E-state index is 13.1. The number of carbonyl (C=O) groups excluding carboxylic acids is 2. The summed E-state index contributed by atoms with van der Waals surface area (Å²) in [6.07, 6.45) is 2.47. The second kappa shape index (κ2) is 17.5. The lowest BCUT2D eigenvalue weighted by molar-refractivity contribution is -0.117. The molecule has 44 heavy (non-hydrogen) atoms. The maximum atomic E-state index is 13.1. The standard InChI is InChI=1S/C32H52N4O8/c1-18-14-22-27(34-12-13-36(5)6)24(37)17-23(29(22)39)35-31(40)19(2)10-9-11-25(42-7)30(44-32(33)41)21(4)16-20(3)28(38)26(15-18)43-8/h9-11,16-18,20,24-26,28-30,34,37-39H,12-15H2,1-8H3,(H2,33,41)(H,35,40)/b11-9+,19-10-,21-16+/t18-,20+,24?,25+,26+,28-,29?,30+/m1/s1. The smallest absolute Gasteiger partial charge is 0.405 e. The number of amides is 2. The molecular formula is C32H52N4O8. The minimum Gasteiger partial charge on any atom is -0.439 e. The van der Waals surface area contributed by atoms with Crippen molar-refractivity contribution in [3.05, 3.63) is 58.5 Å². The Bertz CT molecular complexity index is 1150. The number of likely N-dealkylation sites (N-methyl/N-ethyl adjacent to an activating group) is 1. The van der Waals surface area contributed by atoms with E-state index in [2.05, 4.69) is 10.6 Å². The van der Waals surface area contributed by atoms with E-state index in [0.717, 1.165) is 0 Å². The van der Waals surface area contributed by atoms with E-state index in [0.29, 0.717) is 48.3 Å². The molecule has 0 saturated carbocycles. The van der Waals surface area contributed by atoms with E-state index in [1.165, 1.54) is 20.3 Å². The first-order chi connectivity index (χ1) is 20.7. The highest BCUT2D eigenvalue weighted by atomic mass is 16.6. The van der Waals surface area contributed by atoms with Gasteiger partial charge in [0.25, 0.3) is 5.91 Å². The van der Waals surface area contributed by atoms with E-state index in [1.807, 2.05) is 32.8 Å². The largest absolute Gasteiger partial charge is 0.439 e. The summed E-state index contributed by atoms with van der Waals surface area (Å²) >= 11 is 0. The number of ether oxygens (including phenoxy) is 3. The van der Waals surface area contributed by atoms with Crippen molar-refractivity contribution in [2.45, 2.75) is 77.2 Å². The average Bonchev–Trinajstić information content (AvgIpc) is 2.95. The van der Waals surface area contributed by atoms with Crippen LogP contribution in [0, 0.1) is 11.8 Å². The Kier molecular flexibility index (Phi) is 14.8. The number of rotatable bonds is 7. The van der Waals surface area contributed by atoms with Gasteiger partial charge in [0.2, 0.25) is 0 Å². The molecule has 0 saturated heterocycles. The fourth-order valence-corrected chi connectivity index (χ4v) is 5.47. The fourth-order valence-electron chi connectivity index (χ4n) is 5.47. The van der Waals surface area contributed by atoms with Crippen molar-refractivity contribution >= 4 is 12.0 Å². The molecule has 1 heterocycles. The summed E-state index contributed by atoms with van der Waals surface area (Å²) in [7, 11) is 6.87. The summed E-state index contributed by atoms with van der Waals surface area (Å²) < 4.78 is 16.7. The zero-order valence-corrected chi connectivity index (χ0v) is 27.2. The number of hydrogen-bond acceptors (Lipinski definition) is 10. The first-order valence-electron chi connectivity index (χ1n) is 14.9. The van der Waals surface area contributed by atoms with Gasteiger partial charge in [0.05, 0.1) is 12.2 Å². The van der Waals surface area contributed by atoms with Gasteiger partial charge in [-0.05, 0) is 63.9 Å². The molecule has 248 valence electrons. The summed E-state index contributed by atoms with van der Waals surface area (Å²) in [6.45, 7) is 8.43. The van der Waals surface area contributed by atoms with Gasteiger partial charge >= 0.3 is 6.09 Å². The molecule has 0 aromatic heterocycles. The van der Waals surface area contributed by atoms with E-state index in [-0.39, 0.29) is 11.6 Å². The number of nitrogens with two attached hydrogens (primary N) is 1. The second-order valence-corrected chi connectivity index (χ2v) is 12.0. The molecule has 7 N–H and O–H groups in total. The van der Waals surface area contributed by atoms with Crippen LogP contribution < -0.4 is 16.4 Å². The molecule has 0 radical (unpaired) electrons. The van der Waals surface area contributed by atoms with Gasteiger partial charge in [-0.15, -0.1) is 0 Å². The topological polar surface area (TPSA) is 176 Å². The van der Waals surface area contributed by atoms with E-state index in [1.54, 1.807) is 38.2 Å². The van der Waals surface area contributed by atoms with Crippen LogP contribution in [0.4, 0.5) is 4.79 Å². The normalized spacial score (nSPS) is 34.3. The van der Waals surface area contributed by atoms with Crippen LogP contribution in [-0.4, -0.2) is 110 Å². The predicted octanol–water partition coefficient (Wildman–Crippen LogP) is 1.50. The van der Waals surface area contributed by atoms with E-state index in [4.69, 9.17) is 19.9 Å². The van der Waals surface area contributed by atoms with E-state index in [9.17, 15) is 24.9 Å². The molecule has 2 bridgehead atoms. The lowest BCUT2D eigenvalue weighted by Crippen LogP contribution is -2.41. The number of carbonyl (C=O) groups is 2. The van der Waals surface area contributed by atoms with Crippen molar-refractivity contribution in [2.24, 2.45) is 17.6 Å². The lowest BCUT2D eigenvalue weighted by atomic mass is 9.84. The number of allylic oxidation sites excluding steroid dienone is 2. The Morgan fingerprint density at radius 1 is 1.14 bits per heavy atom. The van der Waals surface area contributed by atoms with Crippen LogP contribution in [0.15, 0.2) is 58.5 Å². The van der Waals surface area contributed by atoms with Gasteiger partial charge in [0.15, 0.2) is 6.10 Å². The number of primary amides is 1. The molecule has 12 nitrogen and oxygen atoms in total. The van der Waals surface area contributed by atoms with Gasteiger partial charge in [-0.3, -0.25) is 4.79 Å². The van der Waals surface area contributed by atoms with Crippen LogP contribution in [0.3, 0.4) is 0 Å². The molecule has 2 unspecified atom stereocenters. The van der Waals surface area contributed by atoms with Gasteiger partial charge in [0, 0.05) is 50.2 Å². The lowest BCUT2D eigenvalue weighted by Gasteiger charge is -2.33. The van der Waals surface area contributed by atoms with Crippen LogP contribution in [-0.2, 0) is 19.0 Å². The zero-order chi connectivity index (χ0) is 33.1. The van der Waals surface area contributed by atoms with Gasteiger partial charge in [-0.1, -0.05) is 38.2 Å². The highest BCUT2D eigenvalue weighted by Gasteiger charge is 2.33. The summed E-state index contributed by atoms with van der Waals surface area (Å²) in [5, 5.41) is 39.9. The van der Waals surface area contributed by atoms with Crippen LogP contribution in [0.25, 0.3) is 0 Å². The first-order valence-corrected chi connectivity index (χ1v) is 14.9. The van der Waals surface area contributed by atoms with Crippen LogP contribution in [0.2, 0.25) is 0 Å². The Morgan fingerprint density at radius 2 is 1.82 bits per heavy atom. The number of aliphatic hydroxyl groups excluding tert-OH is 3. The highest BCUT2D eigenvalue weighted by Crippen LogP contribution is 2.31. The molecule has 2 amide bonds. The summed E-state index contributed by atoms with van der Waals surface area (Å²) in [5.41, 5.74) is 7.54. The van der Waals surface area contributed by atoms with Gasteiger partial charge in [0.1, 0.15) is 18.3 Å². The van der Waals surface area contributed by atoms with Crippen LogP contribution in [0.1, 0.15) is 40.5 Å². The molecule has 2 aliphatic rings. The van der Waals surface area contributed by atoms with Crippen molar-refractivity contribution in [3.8, 4) is 0 Å². The van der Waals surface area contributed by atoms with E-state index >= 15 is 0 Å². The van der Waals surface area contributed by atoms with Crippen LogP contribution in [0.5, 0.6) is 0 Å². The summed E-state index contributed by atoms with van der Waals surface area (Å²) in [6, 6.07) is 0. The molecule has 1 aliphatic carbocycles. The first kappa shape index (κ1) is 37.2. The third-order valence-corrected chi connectivity index (χ3v) is 7.95. The molecule has 0 aromatic carbocycles. The predicted molar refractivity (Wildman–Crippen MR) is 168 cm³/mol. The summed E-state index contributed by atoms with van der Waals surface area (Å²) in [4.78, 5) is 26.9. The van der Waals surface area contributed by atoms with Crippen molar-refractivity contribution < 1.29 is 39.1 Å². The molecule has 12 heteroatoms.